The second-order valence-corrected chi connectivity index (χ2v) is 7.90. The Labute approximate surface area is 183 Å². The van der Waals surface area contributed by atoms with E-state index < -0.39 is 0 Å². The summed E-state index contributed by atoms with van der Waals surface area (Å²) in [5.74, 6) is 0.901. The fraction of sp³-hybridized carbons (Fsp3) is 0.217. The van der Waals surface area contributed by atoms with Crippen molar-refractivity contribution in [3.8, 4) is 5.75 Å². The zero-order valence-electron chi connectivity index (χ0n) is 16.8. The van der Waals surface area contributed by atoms with Crippen LogP contribution in [0.5, 0.6) is 5.75 Å². The van der Waals surface area contributed by atoms with Gasteiger partial charge < -0.3 is 19.8 Å². The number of furan rings is 1. The molecule has 0 aliphatic carbocycles. The molecule has 3 aromatic rings. The number of para-hydroxylation sites is 1. The second kappa shape index (κ2) is 10.1. The molecule has 0 saturated carbocycles. The minimum atomic E-state index is -0.348. The zero-order valence-corrected chi connectivity index (χ0v) is 18.4. The molecule has 156 valence electrons. The van der Waals surface area contributed by atoms with Crippen molar-refractivity contribution in [1.82, 2.24) is 5.32 Å². The van der Waals surface area contributed by atoms with Gasteiger partial charge in [0.25, 0.3) is 11.8 Å². The van der Waals surface area contributed by atoms with Crippen molar-refractivity contribution < 1.29 is 18.7 Å². The van der Waals surface area contributed by atoms with Crippen molar-refractivity contribution in [3.63, 3.8) is 0 Å². The monoisotopic (exact) mass is 470 g/mol. The Balaban J connectivity index is 1.62. The summed E-state index contributed by atoms with van der Waals surface area (Å²) in [6.07, 6.45) is 1.55. The molecule has 0 aliphatic heterocycles. The third-order valence-electron chi connectivity index (χ3n) is 4.40. The van der Waals surface area contributed by atoms with E-state index in [2.05, 4.69) is 40.4 Å². The quantitative estimate of drug-likeness (QED) is 0.479. The number of halogens is 1. The van der Waals surface area contributed by atoms with Crippen LogP contribution in [0.3, 0.4) is 0 Å². The number of carbonyl (C=O) groups is 2. The van der Waals surface area contributed by atoms with E-state index in [1.807, 2.05) is 18.2 Å². The number of nitrogens with one attached hydrogen (secondary N) is 2. The summed E-state index contributed by atoms with van der Waals surface area (Å²) in [6.45, 7) is 4.22. The Morgan fingerprint density at radius 3 is 2.63 bits per heavy atom. The highest BCUT2D eigenvalue weighted by molar-refractivity contribution is 9.10. The maximum Gasteiger partial charge on any atom is 0.262 e. The molecule has 0 radical (unpaired) electrons. The lowest BCUT2D eigenvalue weighted by atomic mass is 10.0. The molecule has 0 spiro atoms. The maximum atomic E-state index is 12.5. The van der Waals surface area contributed by atoms with Crippen molar-refractivity contribution >= 4 is 33.4 Å². The predicted molar refractivity (Wildman–Crippen MR) is 119 cm³/mol. The Kier molecular flexibility index (Phi) is 7.30. The number of hydrogen-bond donors (Lipinski definition) is 2. The fourth-order valence-corrected chi connectivity index (χ4v) is 3.28. The van der Waals surface area contributed by atoms with Gasteiger partial charge in [-0.15, -0.1) is 0 Å². The Morgan fingerprint density at radius 2 is 1.90 bits per heavy atom. The topological polar surface area (TPSA) is 80.6 Å². The van der Waals surface area contributed by atoms with Crippen LogP contribution in [0.4, 0.5) is 5.69 Å². The fourth-order valence-electron chi connectivity index (χ4n) is 2.90. The lowest BCUT2D eigenvalue weighted by Crippen LogP contribution is -2.26. The molecular formula is C23H23BrN2O4. The summed E-state index contributed by atoms with van der Waals surface area (Å²) in [4.78, 5) is 25.0. The average molecular weight is 471 g/mol. The van der Waals surface area contributed by atoms with Crippen molar-refractivity contribution in [1.29, 1.82) is 0 Å². The van der Waals surface area contributed by atoms with Gasteiger partial charge in [0, 0.05) is 4.47 Å². The van der Waals surface area contributed by atoms with Gasteiger partial charge >= 0.3 is 0 Å². The van der Waals surface area contributed by atoms with Crippen LogP contribution in [0.25, 0.3) is 0 Å². The Morgan fingerprint density at radius 1 is 1.10 bits per heavy atom. The van der Waals surface area contributed by atoms with Crippen LogP contribution in [-0.2, 0) is 11.3 Å². The highest BCUT2D eigenvalue weighted by atomic mass is 79.9. The van der Waals surface area contributed by atoms with Gasteiger partial charge in [0.05, 0.1) is 24.1 Å². The molecule has 0 atom stereocenters. The summed E-state index contributed by atoms with van der Waals surface area (Å²) < 4.78 is 11.9. The van der Waals surface area contributed by atoms with E-state index in [9.17, 15) is 9.59 Å². The summed E-state index contributed by atoms with van der Waals surface area (Å²) >= 11 is 3.46. The van der Waals surface area contributed by atoms with Crippen molar-refractivity contribution in [3.05, 3.63) is 82.2 Å². The van der Waals surface area contributed by atoms with Crippen LogP contribution in [0.1, 0.15) is 41.4 Å². The summed E-state index contributed by atoms with van der Waals surface area (Å²) in [5.41, 5.74) is 1.79. The third kappa shape index (κ3) is 5.73. The molecule has 0 saturated heterocycles. The van der Waals surface area contributed by atoms with E-state index in [-0.39, 0.29) is 30.9 Å². The highest BCUT2D eigenvalue weighted by Gasteiger charge is 2.15. The van der Waals surface area contributed by atoms with Crippen LogP contribution in [-0.4, -0.2) is 18.4 Å². The first-order valence-electron chi connectivity index (χ1n) is 9.55. The van der Waals surface area contributed by atoms with Crippen molar-refractivity contribution in [2.45, 2.75) is 26.3 Å². The number of ether oxygens (including phenoxy) is 1. The second-order valence-electron chi connectivity index (χ2n) is 6.98. The molecule has 7 heteroatoms. The molecule has 2 aromatic carbocycles. The first-order chi connectivity index (χ1) is 14.4. The molecular weight excluding hydrogens is 448 g/mol. The van der Waals surface area contributed by atoms with Gasteiger partial charge in [-0.3, -0.25) is 9.59 Å². The zero-order chi connectivity index (χ0) is 21.5. The Hall–Kier alpha value is -3.06. The molecule has 0 unspecified atom stereocenters. The number of anilines is 1. The summed E-state index contributed by atoms with van der Waals surface area (Å²) in [5, 5.41) is 5.54. The minimum Gasteiger partial charge on any atom is -0.483 e. The van der Waals surface area contributed by atoms with Crippen LogP contribution in [0.2, 0.25) is 0 Å². The standard InChI is InChI=1S/C23H23BrN2O4/c1-15(2)19-12-16(24)9-10-21(19)30-14-22(27)26-20-8-4-3-7-18(20)23(28)25-13-17-6-5-11-29-17/h3-12,15H,13-14H2,1-2H3,(H,25,28)(H,26,27). The minimum absolute atomic E-state index is 0.163. The van der Waals surface area contributed by atoms with Crippen LogP contribution in [0, 0.1) is 0 Å². The SMILES string of the molecule is CC(C)c1cc(Br)ccc1OCC(=O)Nc1ccccc1C(=O)NCc1ccco1. The maximum absolute atomic E-state index is 12.5. The molecule has 2 N–H and O–H groups in total. The molecule has 6 nitrogen and oxygen atoms in total. The molecule has 0 aliphatic rings. The van der Waals surface area contributed by atoms with Crippen LogP contribution >= 0.6 is 15.9 Å². The van der Waals surface area contributed by atoms with Crippen LogP contribution in [0.15, 0.2) is 69.8 Å². The van der Waals surface area contributed by atoms with Crippen LogP contribution < -0.4 is 15.4 Å². The number of hydrogen-bond acceptors (Lipinski definition) is 4. The van der Waals surface area contributed by atoms with Gasteiger partial charge in [-0.05, 0) is 53.9 Å². The predicted octanol–water partition coefficient (Wildman–Crippen LogP) is 5.11. The van der Waals surface area contributed by atoms with Crippen molar-refractivity contribution in [2.24, 2.45) is 0 Å². The van der Waals surface area contributed by atoms with Gasteiger partial charge in [0.2, 0.25) is 0 Å². The molecule has 0 fully saturated rings. The smallest absolute Gasteiger partial charge is 0.262 e. The van der Waals surface area contributed by atoms with E-state index in [1.165, 1.54) is 0 Å². The molecule has 1 aromatic heterocycles. The summed E-state index contributed by atoms with van der Waals surface area (Å²) in [7, 11) is 0. The van der Waals surface area contributed by atoms with E-state index in [1.54, 1.807) is 42.7 Å². The van der Waals surface area contributed by atoms with E-state index >= 15 is 0 Å². The Bertz CT molecular complexity index is 1020. The molecule has 0 bridgehead atoms. The normalized spacial score (nSPS) is 10.7. The first-order valence-corrected chi connectivity index (χ1v) is 10.3. The highest BCUT2D eigenvalue weighted by Crippen LogP contribution is 2.29. The lowest BCUT2D eigenvalue weighted by Gasteiger charge is -2.15. The molecule has 3 rings (SSSR count). The largest absolute Gasteiger partial charge is 0.483 e. The number of carbonyl (C=O) groups excluding carboxylic acids is 2. The third-order valence-corrected chi connectivity index (χ3v) is 4.89. The van der Waals surface area contributed by atoms with E-state index in [0.29, 0.717) is 22.8 Å². The molecule has 30 heavy (non-hydrogen) atoms. The van der Waals surface area contributed by atoms with E-state index in [4.69, 9.17) is 9.15 Å². The number of benzene rings is 2. The lowest BCUT2D eigenvalue weighted by molar-refractivity contribution is -0.118. The van der Waals surface area contributed by atoms with Gasteiger partial charge in [-0.2, -0.15) is 0 Å². The molecule has 2 amide bonds. The molecule has 1 heterocycles. The number of amides is 2. The van der Waals surface area contributed by atoms with E-state index in [0.717, 1.165) is 10.0 Å². The average Bonchev–Trinajstić information content (AvgIpc) is 3.25. The van der Waals surface area contributed by atoms with Crippen molar-refractivity contribution in [2.75, 3.05) is 11.9 Å². The van der Waals surface area contributed by atoms with Gasteiger partial charge in [0.15, 0.2) is 6.61 Å². The van der Waals surface area contributed by atoms with Gasteiger partial charge in [0.1, 0.15) is 11.5 Å². The van der Waals surface area contributed by atoms with Gasteiger partial charge in [-0.25, -0.2) is 0 Å². The summed E-state index contributed by atoms with van der Waals surface area (Å²) in [6, 6.07) is 16.1. The van der Waals surface area contributed by atoms with Gasteiger partial charge in [-0.1, -0.05) is 41.9 Å². The number of rotatable bonds is 8. The first kappa shape index (κ1) is 21.6.